The molecular formula is C15H17ClN2O2. The number of rotatable bonds is 6. The molecule has 2 rings (SSSR count). The molecule has 1 aromatic carbocycles. The van der Waals surface area contributed by atoms with E-state index in [2.05, 4.69) is 10.3 Å². The van der Waals surface area contributed by atoms with Gasteiger partial charge in [0.25, 0.3) is 5.91 Å². The maximum absolute atomic E-state index is 12.2. The van der Waals surface area contributed by atoms with Gasteiger partial charge >= 0.3 is 0 Å². The van der Waals surface area contributed by atoms with Crippen LogP contribution >= 0.6 is 11.6 Å². The Bertz CT molecular complexity index is 601. The van der Waals surface area contributed by atoms with Gasteiger partial charge in [0.1, 0.15) is 5.15 Å². The number of carbonyl (C=O) groups is 1. The SMILES string of the molecule is O=C(NCCCCCO)c1cc(Cl)nc2ccccc12. The Kier molecular flexibility index (Phi) is 5.32. The van der Waals surface area contributed by atoms with Crippen LogP contribution < -0.4 is 5.32 Å². The van der Waals surface area contributed by atoms with Crippen molar-refractivity contribution < 1.29 is 9.90 Å². The van der Waals surface area contributed by atoms with Gasteiger partial charge in [0.15, 0.2) is 0 Å². The molecule has 5 heteroatoms. The van der Waals surface area contributed by atoms with Crippen LogP contribution in [-0.4, -0.2) is 29.1 Å². The summed E-state index contributed by atoms with van der Waals surface area (Å²) in [5, 5.41) is 12.7. The Balaban J connectivity index is 2.09. The van der Waals surface area contributed by atoms with Crippen LogP contribution in [0.5, 0.6) is 0 Å². The molecule has 0 radical (unpaired) electrons. The number of nitrogens with one attached hydrogen (secondary N) is 1. The van der Waals surface area contributed by atoms with Crippen LogP contribution in [-0.2, 0) is 0 Å². The van der Waals surface area contributed by atoms with Crippen molar-refractivity contribution in [1.82, 2.24) is 10.3 Å². The van der Waals surface area contributed by atoms with E-state index >= 15 is 0 Å². The first-order valence-corrected chi connectivity index (χ1v) is 7.04. The first-order valence-electron chi connectivity index (χ1n) is 6.66. The Labute approximate surface area is 122 Å². The molecule has 0 atom stereocenters. The number of aromatic nitrogens is 1. The van der Waals surface area contributed by atoms with Crippen molar-refractivity contribution >= 4 is 28.4 Å². The maximum atomic E-state index is 12.2. The van der Waals surface area contributed by atoms with Crippen molar-refractivity contribution in [3.8, 4) is 0 Å². The van der Waals surface area contributed by atoms with E-state index in [9.17, 15) is 4.79 Å². The smallest absolute Gasteiger partial charge is 0.252 e. The molecule has 0 saturated carbocycles. The number of benzene rings is 1. The number of amides is 1. The number of aliphatic hydroxyl groups is 1. The standard InChI is InChI=1S/C15H17ClN2O2/c16-14-10-12(11-6-2-3-7-13(11)18-14)15(20)17-8-4-1-5-9-19/h2-3,6-7,10,19H,1,4-5,8-9H2,(H,17,20). The molecule has 1 heterocycles. The Morgan fingerprint density at radius 3 is 2.85 bits per heavy atom. The summed E-state index contributed by atoms with van der Waals surface area (Å²) in [7, 11) is 0. The lowest BCUT2D eigenvalue weighted by molar-refractivity contribution is 0.0954. The summed E-state index contributed by atoms with van der Waals surface area (Å²) in [4.78, 5) is 16.4. The van der Waals surface area contributed by atoms with Gasteiger partial charge in [0.2, 0.25) is 0 Å². The fraction of sp³-hybridized carbons (Fsp3) is 0.333. The lowest BCUT2D eigenvalue weighted by atomic mass is 10.1. The molecule has 2 aromatic rings. The molecule has 0 aliphatic rings. The minimum absolute atomic E-state index is 0.144. The van der Waals surface area contributed by atoms with Crippen LogP contribution in [0.3, 0.4) is 0 Å². The van der Waals surface area contributed by atoms with Crippen molar-refractivity contribution in [2.45, 2.75) is 19.3 Å². The maximum Gasteiger partial charge on any atom is 0.252 e. The molecule has 1 aromatic heterocycles. The average molecular weight is 293 g/mol. The van der Waals surface area contributed by atoms with Gasteiger partial charge in [-0.05, 0) is 31.4 Å². The Morgan fingerprint density at radius 1 is 1.25 bits per heavy atom. The van der Waals surface area contributed by atoms with Gasteiger partial charge in [0.05, 0.1) is 11.1 Å². The minimum atomic E-state index is -0.144. The second-order valence-corrected chi connectivity index (χ2v) is 4.94. The summed E-state index contributed by atoms with van der Waals surface area (Å²) < 4.78 is 0. The number of nitrogens with zero attached hydrogens (tertiary/aromatic N) is 1. The monoisotopic (exact) mass is 292 g/mol. The van der Waals surface area contributed by atoms with Gasteiger partial charge in [-0.3, -0.25) is 4.79 Å². The van der Waals surface area contributed by atoms with Gasteiger partial charge in [-0.15, -0.1) is 0 Å². The van der Waals surface area contributed by atoms with Gasteiger partial charge < -0.3 is 10.4 Å². The highest BCUT2D eigenvalue weighted by atomic mass is 35.5. The zero-order valence-corrected chi connectivity index (χ0v) is 11.9. The number of unbranched alkanes of at least 4 members (excludes halogenated alkanes) is 2. The number of fused-ring (bicyclic) bond motifs is 1. The molecule has 4 nitrogen and oxygen atoms in total. The lowest BCUT2D eigenvalue weighted by Crippen LogP contribution is -2.24. The molecule has 2 N–H and O–H groups in total. The van der Waals surface area contributed by atoms with Crippen LogP contribution in [0.1, 0.15) is 29.6 Å². The van der Waals surface area contributed by atoms with E-state index < -0.39 is 0 Å². The van der Waals surface area contributed by atoms with Crippen LogP contribution in [0.15, 0.2) is 30.3 Å². The van der Waals surface area contributed by atoms with E-state index in [-0.39, 0.29) is 12.5 Å². The largest absolute Gasteiger partial charge is 0.396 e. The molecule has 106 valence electrons. The summed E-state index contributed by atoms with van der Waals surface area (Å²) in [5.41, 5.74) is 1.26. The molecule has 20 heavy (non-hydrogen) atoms. The van der Waals surface area contributed by atoms with E-state index in [0.29, 0.717) is 22.8 Å². The predicted molar refractivity (Wildman–Crippen MR) is 80.0 cm³/mol. The highest BCUT2D eigenvalue weighted by molar-refractivity contribution is 6.30. The van der Waals surface area contributed by atoms with E-state index in [4.69, 9.17) is 16.7 Å². The molecule has 0 aliphatic carbocycles. The van der Waals surface area contributed by atoms with Crippen molar-refractivity contribution in [1.29, 1.82) is 0 Å². The zero-order valence-electron chi connectivity index (χ0n) is 11.1. The molecule has 0 bridgehead atoms. The van der Waals surface area contributed by atoms with Gasteiger partial charge in [-0.25, -0.2) is 4.98 Å². The van der Waals surface area contributed by atoms with Crippen molar-refractivity contribution in [3.63, 3.8) is 0 Å². The average Bonchev–Trinajstić information content (AvgIpc) is 2.46. The summed E-state index contributed by atoms with van der Waals surface area (Å²) in [6.07, 6.45) is 2.51. The minimum Gasteiger partial charge on any atom is -0.396 e. The number of halogens is 1. The Morgan fingerprint density at radius 2 is 2.05 bits per heavy atom. The molecule has 1 amide bonds. The molecule has 0 saturated heterocycles. The van der Waals surface area contributed by atoms with Crippen LogP contribution in [0.2, 0.25) is 5.15 Å². The second-order valence-electron chi connectivity index (χ2n) is 4.55. The van der Waals surface area contributed by atoms with Gasteiger partial charge in [0, 0.05) is 18.5 Å². The fourth-order valence-electron chi connectivity index (χ4n) is 2.04. The third kappa shape index (κ3) is 3.68. The zero-order chi connectivity index (χ0) is 14.4. The third-order valence-corrected chi connectivity index (χ3v) is 3.24. The summed E-state index contributed by atoms with van der Waals surface area (Å²) >= 11 is 5.95. The predicted octanol–water partition coefficient (Wildman–Crippen LogP) is 2.78. The van der Waals surface area contributed by atoms with Gasteiger partial charge in [-0.2, -0.15) is 0 Å². The van der Waals surface area contributed by atoms with Gasteiger partial charge in [-0.1, -0.05) is 29.8 Å². The molecule has 0 unspecified atom stereocenters. The van der Waals surface area contributed by atoms with Crippen LogP contribution in [0.4, 0.5) is 0 Å². The highest BCUT2D eigenvalue weighted by Gasteiger charge is 2.11. The van der Waals surface area contributed by atoms with E-state index in [1.807, 2.05) is 24.3 Å². The summed E-state index contributed by atoms with van der Waals surface area (Å²) in [5.74, 6) is -0.144. The fourth-order valence-corrected chi connectivity index (χ4v) is 2.24. The van der Waals surface area contributed by atoms with Crippen LogP contribution in [0, 0.1) is 0 Å². The molecule has 0 spiro atoms. The second kappa shape index (κ2) is 7.22. The number of pyridine rings is 1. The highest BCUT2D eigenvalue weighted by Crippen LogP contribution is 2.20. The number of carbonyl (C=O) groups excluding carboxylic acids is 1. The first kappa shape index (κ1) is 14.8. The van der Waals surface area contributed by atoms with E-state index in [1.54, 1.807) is 6.07 Å². The number of para-hydroxylation sites is 1. The molecule has 0 fully saturated rings. The van der Waals surface area contributed by atoms with E-state index in [0.717, 1.165) is 24.6 Å². The number of hydrogen-bond acceptors (Lipinski definition) is 3. The Hall–Kier alpha value is -1.65. The number of aliphatic hydroxyl groups excluding tert-OH is 1. The van der Waals surface area contributed by atoms with E-state index in [1.165, 1.54) is 0 Å². The summed E-state index contributed by atoms with van der Waals surface area (Å²) in [6.45, 7) is 0.783. The topological polar surface area (TPSA) is 62.2 Å². The summed E-state index contributed by atoms with van der Waals surface area (Å²) in [6, 6.07) is 9.02. The van der Waals surface area contributed by atoms with Crippen molar-refractivity contribution in [2.75, 3.05) is 13.2 Å². The van der Waals surface area contributed by atoms with Crippen molar-refractivity contribution in [2.24, 2.45) is 0 Å². The lowest BCUT2D eigenvalue weighted by Gasteiger charge is -2.08. The molecule has 0 aliphatic heterocycles. The van der Waals surface area contributed by atoms with Crippen LogP contribution in [0.25, 0.3) is 10.9 Å². The quantitative estimate of drug-likeness (QED) is 0.636. The molecular weight excluding hydrogens is 276 g/mol. The third-order valence-electron chi connectivity index (χ3n) is 3.05. The normalized spacial score (nSPS) is 10.7. The number of hydrogen-bond donors (Lipinski definition) is 2. The van der Waals surface area contributed by atoms with Crippen molar-refractivity contribution in [3.05, 3.63) is 41.0 Å². The first-order chi connectivity index (χ1) is 9.72.